The molecule has 1 rings (SSSR count). The van der Waals surface area contributed by atoms with Crippen LogP contribution < -0.4 is 5.32 Å². The molecule has 0 radical (unpaired) electrons. The van der Waals surface area contributed by atoms with Crippen molar-refractivity contribution in [1.82, 2.24) is 5.32 Å². The Morgan fingerprint density at radius 3 is 2.60 bits per heavy atom. The molecule has 0 aromatic heterocycles. The van der Waals surface area contributed by atoms with Gasteiger partial charge in [-0.1, -0.05) is 44.8 Å². The van der Waals surface area contributed by atoms with E-state index in [0.717, 1.165) is 12.5 Å². The van der Waals surface area contributed by atoms with E-state index >= 15 is 0 Å². The Bertz CT molecular complexity index is 180. The highest BCUT2D eigenvalue weighted by molar-refractivity contribution is 5.01. The van der Waals surface area contributed by atoms with Crippen molar-refractivity contribution in [2.24, 2.45) is 5.92 Å². The normalized spacial score (nSPS) is 19.3. The van der Waals surface area contributed by atoms with Crippen molar-refractivity contribution in [1.29, 1.82) is 0 Å². The summed E-state index contributed by atoms with van der Waals surface area (Å²) in [5.74, 6) is 1.01. The topological polar surface area (TPSA) is 12.0 Å². The average molecular weight is 209 g/mol. The van der Waals surface area contributed by atoms with E-state index in [9.17, 15) is 0 Å². The van der Waals surface area contributed by atoms with E-state index < -0.39 is 0 Å². The quantitative estimate of drug-likeness (QED) is 0.627. The highest BCUT2D eigenvalue weighted by atomic mass is 14.9. The summed E-state index contributed by atoms with van der Waals surface area (Å²) in [6, 6.07) is 0.561. The van der Waals surface area contributed by atoms with Crippen molar-refractivity contribution < 1.29 is 0 Å². The van der Waals surface area contributed by atoms with Crippen LogP contribution in [-0.4, -0.2) is 12.6 Å². The van der Waals surface area contributed by atoms with Crippen LogP contribution in [0.4, 0.5) is 0 Å². The fourth-order valence-corrected chi connectivity index (χ4v) is 2.54. The smallest absolute Gasteiger partial charge is 0.0274 e. The van der Waals surface area contributed by atoms with E-state index in [-0.39, 0.29) is 0 Å². The summed E-state index contributed by atoms with van der Waals surface area (Å²) in [7, 11) is 0. The van der Waals surface area contributed by atoms with Crippen molar-refractivity contribution in [2.45, 2.75) is 64.8 Å². The Balaban J connectivity index is 2.20. The molecule has 0 aromatic rings. The third kappa shape index (κ3) is 4.83. The first-order valence-corrected chi connectivity index (χ1v) is 6.62. The van der Waals surface area contributed by atoms with Crippen LogP contribution in [-0.2, 0) is 0 Å². The highest BCUT2D eigenvalue weighted by Gasteiger charge is 2.17. The molecule has 0 aromatic carbocycles. The van der Waals surface area contributed by atoms with Gasteiger partial charge in [0.15, 0.2) is 0 Å². The number of rotatable bonds is 7. The van der Waals surface area contributed by atoms with Gasteiger partial charge in [-0.3, -0.25) is 0 Å². The molecule has 1 fully saturated rings. The van der Waals surface area contributed by atoms with Gasteiger partial charge in [-0.05, 0) is 38.6 Å². The van der Waals surface area contributed by atoms with Crippen molar-refractivity contribution in [3.8, 4) is 0 Å². The lowest BCUT2D eigenvalue weighted by atomic mass is 9.96. The maximum Gasteiger partial charge on any atom is 0.0274 e. The molecule has 0 saturated heterocycles. The van der Waals surface area contributed by atoms with E-state index in [0.29, 0.717) is 6.04 Å². The minimum absolute atomic E-state index is 0.561. The van der Waals surface area contributed by atoms with Gasteiger partial charge in [-0.25, -0.2) is 0 Å². The zero-order valence-corrected chi connectivity index (χ0v) is 10.5. The average Bonchev–Trinajstić information content (AvgIpc) is 2.70. The molecule has 0 heterocycles. The Hall–Kier alpha value is -0.300. The SMILES string of the molecule is C=C(C)C(CCC1CCCC1)NCCC. The molecule has 1 saturated carbocycles. The van der Waals surface area contributed by atoms with Crippen LogP contribution in [0.3, 0.4) is 0 Å². The predicted octanol–water partition coefficient (Wildman–Crippen LogP) is 3.90. The number of hydrogen-bond donors (Lipinski definition) is 1. The summed E-state index contributed by atoms with van der Waals surface area (Å²) in [6.45, 7) is 9.59. The van der Waals surface area contributed by atoms with Gasteiger partial charge in [0.2, 0.25) is 0 Å². The summed E-state index contributed by atoms with van der Waals surface area (Å²) in [4.78, 5) is 0. The zero-order valence-electron chi connectivity index (χ0n) is 10.5. The van der Waals surface area contributed by atoms with Gasteiger partial charge in [0.05, 0.1) is 0 Å². The van der Waals surface area contributed by atoms with E-state index in [2.05, 4.69) is 25.7 Å². The van der Waals surface area contributed by atoms with Crippen LogP contribution in [0.2, 0.25) is 0 Å². The highest BCUT2D eigenvalue weighted by Crippen LogP contribution is 2.29. The molecule has 0 aliphatic heterocycles. The van der Waals surface area contributed by atoms with Gasteiger partial charge in [-0.2, -0.15) is 0 Å². The molecular formula is C14H27N. The maximum absolute atomic E-state index is 4.09. The lowest BCUT2D eigenvalue weighted by Crippen LogP contribution is -2.30. The Labute approximate surface area is 95.3 Å². The molecule has 1 N–H and O–H groups in total. The predicted molar refractivity (Wildman–Crippen MR) is 68.1 cm³/mol. The third-order valence-electron chi connectivity index (χ3n) is 3.57. The van der Waals surface area contributed by atoms with Crippen LogP contribution in [0, 0.1) is 5.92 Å². The molecule has 0 amide bonds. The summed E-state index contributed by atoms with van der Waals surface area (Å²) in [6.07, 6.45) is 9.77. The van der Waals surface area contributed by atoms with E-state index in [4.69, 9.17) is 0 Å². The van der Waals surface area contributed by atoms with Crippen molar-refractivity contribution in [3.05, 3.63) is 12.2 Å². The Kier molecular flexibility index (Phi) is 6.00. The Morgan fingerprint density at radius 2 is 2.07 bits per heavy atom. The monoisotopic (exact) mass is 209 g/mol. The van der Waals surface area contributed by atoms with E-state index in [1.807, 2.05) is 0 Å². The molecule has 1 aliphatic carbocycles. The van der Waals surface area contributed by atoms with Gasteiger partial charge in [0.1, 0.15) is 0 Å². The molecule has 88 valence electrons. The minimum Gasteiger partial charge on any atom is -0.310 e. The van der Waals surface area contributed by atoms with Gasteiger partial charge in [-0.15, -0.1) is 0 Å². The van der Waals surface area contributed by atoms with Crippen LogP contribution in [0.1, 0.15) is 58.8 Å². The lowest BCUT2D eigenvalue weighted by Gasteiger charge is -2.20. The van der Waals surface area contributed by atoms with E-state index in [1.54, 1.807) is 0 Å². The summed E-state index contributed by atoms with van der Waals surface area (Å²) in [5, 5.41) is 3.59. The lowest BCUT2D eigenvalue weighted by molar-refractivity contribution is 0.430. The van der Waals surface area contributed by atoms with Crippen LogP contribution in [0.5, 0.6) is 0 Å². The Morgan fingerprint density at radius 1 is 1.40 bits per heavy atom. The molecule has 1 nitrogen and oxygen atoms in total. The van der Waals surface area contributed by atoms with Crippen LogP contribution in [0.25, 0.3) is 0 Å². The second-order valence-corrected chi connectivity index (χ2v) is 5.08. The molecule has 1 unspecified atom stereocenters. The molecule has 0 bridgehead atoms. The first-order chi connectivity index (χ1) is 7.24. The summed E-state index contributed by atoms with van der Waals surface area (Å²) in [5.41, 5.74) is 1.31. The van der Waals surface area contributed by atoms with Crippen LogP contribution in [0.15, 0.2) is 12.2 Å². The van der Waals surface area contributed by atoms with E-state index in [1.165, 1.54) is 50.5 Å². The summed E-state index contributed by atoms with van der Waals surface area (Å²) >= 11 is 0. The molecule has 1 aliphatic rings. The fraction of sp³-hybridized carbons (Fsp3) is 0.857. The maximum atomic E-state index is 4.09. The first-order valence-electron chi connectivity index (χ1n) is 6.62. The molecule has 0 spiro atoms. The molecule has 1 heteroatoms. The second kappa shape index (κ2) is 7.05. The zero-order chi connectivity index (χ0) is 11.1. The van der Waals surface area contributed by atoms with Gasteiger partial charge < -0.3 is 5.32 Å². The standard InChI is InChI=1S/C14H27N/c1-4-11-15-14(12(2)3)10-9-13-7-5-6-8-13/h13-15H,2,4-11H2,1,3H3. The van der Waals surface area contributed by atoms with Crippen molar-refractivity contribution in [3.63, 3.8) is 0 Å². The van der Waals surface area contributed by atoms with Gasteiger partial charge in [0, 0.05) is 6.04 Å². The summed E-state index contributed by atoms with van der Waals surface area (Å²) < 4.78 is 0. The number of nitrogens with one attached hydrogen (secondary N) is 1. The molecule has 1 atom stereocenters. The second-order valence-electron chi connectivity index (χ2n) is 5.08. The minimum atomic E-state index is 0.561. The van der Waals surface area contributed by atoms with Gasteiger partial charge >= 0.3 is 0 Å². The largest absolute Gasteiger partial charge is 0.310 e. The third-order valence-corrected chi connectivity index (χ3v) is 3.57. The first kappa shape index (κ1) is 12.8. The molecule has 15 heavy (non-hydrogen) atoms. The number of hydrogen-bond acceptors (Lipinski definition) is 1. The van der Waals surface area contributed by atoms with Crippen molar-refractivity contribution in [2.75, 3.05) is 6.54 Å². The van der Waals surface area contributed by atoms with Crippen molar-refractivity contribution >= 4 is 0 Å². The van der Waals surface area contributed by atoms with Gasteiger partial charge in [0.25, 0.3) is 0 Å². The van der Waals surface area contributed by atoms with Crippen LogP contribution >= 0.6 is 0 Å². The molecular weight excluding hydrogens is 182 g/mol. The fourth-order valence-electron chi connectivity index (χ4n) is 2.54.